The van der Waals surface area contributed by atoms with Gasteiger partial charge in [0, 0.05) is 31.6 Å². The molecule has 1 fully saturated rings. The summed E-state index contributed by atoms with van der Waals surface area (Å²) in [4.78, 5) is 16.5. The summed E-state index contributed by atoms with van der Waals surface area (Å²) in [5, 5.41) is 0. The van der Waals surface area contributed by atoms with E-state index in [1.807, 2.05) is 0 Å². The van der Waals surface area contributed by atoms with Crippen LogP contribution in [-0.4, -0.2) is 56.4 Å². The van der Waals surface area contributed by atoms with Crippen molar-refractivity contribution < 1.29 is 4.79 Å². The lowest BCUT2D eigenvalue weighted by Gasteiger charge is -2.35. The lowest BCUT2D eigenvalue weighted by molar-refractivity contribution is -0.118. The molecule has 0 aromatic carbocycles. The fraction of sp³-hybridized carbons (Fsp3) is 0.941. The molecule has 0 unspecified atom stereocenters. The summed E-state index contributed by atoms with van der Waals surface area (Å²) < 4.78 is 0. The van der Waals surface area contributed by atoms with Gasteiger partial charge < -0.3 is 14.6 Å². The zero-order valence-electron chi connectivity index (χ0n) is 14.0. The van der Waals surface area contributed by atoms with E-state index < -0.39 is 0 Å². The Morgan fingerprint density at radius 1 is 1.05 bits per heavy atom. The molecule has 0 heterocycles. The molecule has 0 saturated heterocycles. The molecular weight excluding hydrogens is 248 g/mol. The number of hydrogen-bond acceptors (Lipinski definition) is 3. The highest BCUT2D eigenvalue weighted by Gasteiger charge is 2.32. The van der Waals surface area contributed by atoms with Crippen LogP contribution in [0.5, 0.6) is 0 Å². The minimum Gasteiger partial charge on any atom is -0.308 e. The topological polar surface area (TPSA) is 23.6 Å². The first-order valence-corrected chi connectivity index (χ1v) is 8.31. The van der Waals surface area contributed by atoms with Crippen LogP contribution in [0.15, 0.2) is 0 Å². The van der Waals surface area contributed by atoms with Gasteiger partial charge in [-0.2, -0.15) is 0 Å². The third kappa shape index (κ3) is 6.36. The van der Waals surface area contributed by atoms with Crippen LogP contribution >= 0.6 is 0 Å². The molecule has 0 spiro atoms. The normalized spacial score (nSPS) is 19.6. The molecule has 3 heteroatoms. The zero-order chi connectivity index (χ0) is 15.0. The number of hydrogen-bond donors (Lipinski definition) is 0. The van der Waals surface area contributed by atoms with Crippen molar-refractivity contribution in [2.24, 2.45) is 11.3 Å². The van der Waals surface area contributed by atoms with Crippen molar-refractivity contribution in [3.63, 3.8) is 0 Å². The van der Waals surface area contributed by atoms with Crippen LogP contribution in [0.4, 0.5) is 0 Å². The number of rotatable bonds is 8. The van der Waals surface area contributed by atoms with Gasteiger partial charge in [0.1, 0.15) is 6.29 Å². The summed E-state index contributed by atoms with van der Waals surface area (Å²) in [6.45, 7) is 8.74. The second-order valence-corrected chi connectivity index (χ2v) is 7.33. The van der Waals surface area contributed by atoms with E-state index in [9.17, 15) is 4.79 Å². The molecule has 0 bridgehead atoms. The van der Waals surface area contributed by atoms with E-state index in [4.69, 9.17) is 0 Å². The second-order valence-electron chi connectivity index (χ2n) is 7.33. The Kier molecular flexibility index (Phi) is 7.75. The lowest BCUT2D eigenvalue weighted by atomic mass is 9.81. The van der Waals surface area contributed by atoms with E-state index in [1.54, 1.807) is 0 Å². The van der Waals surface area contributed by atoms with E-state index in [0.717, 1.165) is 39.0 Å². The molecule has 0 aromatic rings. The van der Waals surface area contributed by atoms with E-state index in [0.29, 0.717) is 5.92 Å². The highest BCUT2D eigenvalue weighted by molar-refractivity contribution is 5.59. The fourth-order valence-electron chi connectivity index (χ4n) is 3.28. The van der Waals surface area contributed by atoms with Crippen molar-refractivity contribution in [2.45, 2.75) is 52.4 Å². The van der Waals surface area contributed by atoms with Crippen LogP contribution < -0.4 is 0 Å². The largest absolute Gasteiger partial charge is 0.308 e. The van der Waals surface area contributed by atoms with E-state index in [1.165, 1.54) is 32.0 Å². The summed E-state index contributed by atoms with van der Waals surface area (Å²) in [6.07, 6.45) is 8.51. The third-order valence-corrected chi connectivity index (χ3v) is 4.37. The average Bonchev–Trinajstić information content (AvgIpc) is 2.61. The number of carbonyl (C=O) groups is 1. The van der Waals surface area contributed by atoms with Gasteiger partial charge in [-0.05, 0) is 32.9 Å². The van der Waals surface area contributed by atoms with Crippen molar-refractivity contribution in [1.82, 2.24) is 9.80 Å². The molecular formula is C17H34N2O. The summed E-state index contributed by atoms with van der Waals surface area (Å²) >= 11 is 0. The second kappa shape index (κ2) is 8.78. The van der Waals surface area contributed by atoms with Gasteiger partial charge in [-0.25, -0.2) is 0 Å². The Bertz CT molecular complexity index is 268. The van der Waals surface area contributed by atoms with Gasteiger partial charge in [-0.3, -0.25) is 0 Å². The van der Waals surface area contributed by atoms with Gasteiger partial charge in [0.15, 0.2) is 0 Å². The first-order chi connectivity index (χ1) is 9.47. The highest BCUT2D eigenvalue weighted by Crippen LogP contribution is 2.34. The van der Waals surface area contributed by atoms with Crippen molar-refractivity contribution >= 4 is 6.29 Å². The quantitative estimate of drug-likeness (QED) is 0.505. The van der Waals surface area contributed by atoms with Gasteiger partial charge >= 0.3 is 0 Å². The predicted octanol–water partition coefficient (Wildman–Crippen LogP) is 3.05. The molecule has 0 atom stereocenters. The zero-order valence-corrected chi connectivity index (χ0v) is 14.0. The smallest absolute Gasteiger partial charge is 0.127 e. The first-order valence-electron chi connectivity index (χ1n) is 8.31. The summed E-state index contributed by atoms with van der Waals surface area (Å²) in [5.74, 6) is 0.659. The van der Waals surface area contributed by atoms with Gasteiger partial charge in [0.25, 0.3) is 0 Å². The van der Waals surface area contributed by atoms with Gasteiger partial charge in [-0.1, -0.05) is 39.5 Å². The average molecular weight is 282 g/mol. The molecule has 1 aliphatic rings. The van der Waals surface area contributed by atoms with Crippen molar-refractivity contribution in [1.29, 1.82) is 0 Å². The maximum atomic E-state index is 11.8. The summed E-state index contributed by atoms with van der Waals surface area (Å²) in [7, 11) is 4.24. The molecule has 20 heavy (non-hydrogen) atoms. The standard InChI is InChI=1S/C17H34N2O/c1-16(2)13-19(12-11-18(3)4)14-17(15-20)9-7-5-6-8-10-17/h15-16H,5-14H2,1-4H3. The van der Waals surface area contributed by atoms with Crippen LogP contribution in [0.2, 0.25) is 0 Å². The summed E-state index contributed by atoms with van der Waals surface area (Å²) in [6, 6.07) is 0. The number of carbonyl (C=O) groups excluding carboxylic acids is 1. The monoisotopic (exact) mass is 282 g/mol. The van der Waals surface area contributed by atoms with Crippen molar-refractivity contribution in [3.05, 3.63) is 0 Å². The van der Waals surface area contributed by atoms with Crippen LogP contribution in [0, 0.1) is 11.3 Å². The molecule has 1 saturated carbocycles. The minimum absolute atomic E-state index is 0.0717. The Morgan fingerprint density at radius 2 is 1.65 bits per heavy atom. The van der Waals surface area contributed by atoms with Gasteiger partial charge in [-0.15, -0.1) is 0 Å². The Labute approximate surface area is 125 Å². The van der Waals surface area contributed by atoms with E-state index in [2.05, 4.69) is 37.7 Å². The number of aldehydes is 1. The Balaban J connectivity index is 2.65. The van der Waals surface area contributed by atoms with Crippen molar-refractivity contribution in [3.8, 4) is 0 Å². The first kappa shape index (κ1) is 17.6. The van der Waals surface area contributed by atoms with Crippen LogP contribution in [0.3, 0.4) is 0 Å². The minimum atomic E-state index is -0.0717. The van der Waals surface area contributed by atoms with Gasteiger partial charge in [0.05, 0.1) is 0 Å². The molecule has 1 rings (SSSR count). The predicted molar refractivity (Wildman–Crippen MR) is 86.0 cm³/mol. The third-order valence-electron chi connectivity index (χ3n) is 4.37. The van der Waals surface area contributed by atoms with Crippen LogP contribution in [-0.2, 0) is 4.79 Å². The lowest BCUT2D eigenvalue weighted by Crippen LogP contribution is -2.43. The molecule has 0 aliphatic heterocycles. The molecule has 0 N–H and O–H groups in total. The van der Waals surface area contributed by atoms with Gasteiger partial charge in [0.2, 0.25) is 0 Å². The number of nitrogens with zero attached hydrogens (tertiary/aromatic N) is 2. The SMILES string of the molecule is CC(C)CN(CCN(C)C)CC1(C=O)CCCCCC1. The number of likely N-dealkylation sites (N-methyl/N-ethyl adjacent to an activating group) is 1. The molecule has 0 aromatic heterocycles. The van der Waals surface area contributed by atoms with E-state index in [-0.39, 0.29) is 5.41 Å². The summed E-state index contributed by atoms with van der Waals surface area (Å²) in [5.41, 5.74) is -0.0717. The molecule has 3 nitrogen and oxygen atoms in total. The maximum absolute atomic E-state index is 11.8. The van der Waals surface area contributed by atoms with Crippen molar-refractivity contribution in [2.75, 3.05) is 40.3 Å². The molecule has 118 valence electrons. The highest BCUT2D eigenvalue weighted by atomic mass is 16.1. The van der Waals surface area contributed by atoms with Crippen LogP contribution in [0.1, 0.15) is 52.4 Å². The van der Waals surface area contributed by atoms with Crippen LogP contribution in [0.25, 0.3) is 0 Å². The fourth-order valence-corrected chi connectivity index (χ4v) is 3.28. The molecule has 0 amide bonds. The van der Waals surface area contributed by atoms with E-state index >= 15 is 0 Å². The Hall–Kier alpha value is -0.410. The maximum Gasteiger partial charge on any atom is 0.127 e. The molecule has 0 radical (unpaired) electrons. The molecule has 1 aliphatic carbocycles. The Morgan fingerprint density at radius 3 is 2.10 bits per heavy atom.